The number of alkyl halides is 4. The van der Waals surface area contributed by atoms with E-state index >= 15 is 0 Å². The molecule has 13 heteroatoms. The number of carbonyl (C=O) groups is 2. The average molecular weight is 539 g/mol. The highest BCUT2D eigenvalue weighted by molar-refractivity contribution is 5.99. The topological polar surface area (TPSA) is 128 Å². The molecule has 9 nitrogen and oxygen atoms in total. The summed E-state index contributed by atoms with van der Waals surface area (Å²) >= 11 is 0. The van der Waals surface area contributed by atoms with Crippen molar-refractivity contribution in [3.8, 4) is 0 Å². The van der Waals surface area contributed by atoms with Gasteiger partial charge in [-0.2, -0.15) is 13.2 Å². The molecule has 1 aliphatic heterocycles. The normalized spacial score (nSPS) is 16.6. The summed E-state index contributed by atoms with van der Waals surface area (Å²) in [4.78, 5) is 33.1. The quantitative estimate of drug-likeness (QED) is 0.329. The minimum atomic E-state index is -4.64. The van der Waals surface area contributed by atoms with Crippen LogP contribution in [0.4, 0.5) is 23.2 Å². The largest absolute Gasteiger partial charge is 0.416 e. The molecule has 0 spiro atoms. The predicted octanol–water partition coefficient (Wildman–Crippen LogP) is 3.03. The van der Waals surface area contributed by atoms with Crippen molar-refractivity contribution in [3.63, 3.8) is 0 Å². The van der Waals surface area contributed by atoms with Crippen LogP contribution in [-0.2, 0) is 16.6 Å². The van der Waals surface area contributed by atoms with Crippen molar-refractivity contribution in [1.82, 2.24) is 20.9 Å². The maximum Gasteiger partial charge on any atom is 0.416 e. The van der Waals surface area contributed by atoms with Gasteiger partial charge in [0.1, 0.15) is 6.17 Å². The van der Waals surface area contributed by atoms with E-state index in [1.807, 2.05) is 0 Å². The summed E-state index contributed by atoms with van der Waals surface area (Å²) in [6.45, 7) is 4.12. The van der Waals surface area contributed by atoms with Crippen molar-refractivity contribution >= 4 is 23.5 Å². The minimum Gasteiger partial charge on any atom is -0.386 e. The molecule has 0 saturated carbocycles. The van der Waals surface area contributed by atoms with Crippen LogP contribution in [0.3, 0.4) is 0 Å². The number of aromatic nitrogens is 1. The molecule has 0 saturated heterocycles. The van der Waals surface area contributed by atoms with Crippen LogP contribution in [0.15, 0.2) is 41.7 Å². The van der Waals surface area contributed by atoms with Crippen molar-refractivity contribution in [1.29, 1.82) is 0 Å². The Bertz CT molecular complexity index is 1160. The van der Waals surface area contributed by atoms with E-state index in [9.17, 15) is 32.3 Å². The number of guanidine groups is 1. The summed E-state index contributed by atoms with van der Waals surface area (Å²) in [5.74, 6) is -0.878. The molecule has 1 aromatic heterocycles. The van der Waals surface area contributed by atoms with Crippen molar-refractivity contribution in [2.75, 3.05) is 25.0 Å². The van der Waals surface area contributed by atoms with Crippen molar-refractivity contribution in [2.24, 2.45) is 4.99 Å². The summed E-state index contributed by atoms with van der Waals surface area (Å²) in [5.41, 5.74) is -1.66. The molecule has 0 radical (unpaired) electrons. The first-order valence-corrected chi connectivity index (χ1v) is 11.9. The number of amides is 2. The van der Waals surface area contributed by atoms with E-state index in [4.69, 9.17) is 0 Å². The van der Waals surface area contributed by atoms with Crippen LogP contribution in [0.1, 0.15) is 60.3 Å². The first-order valence-electron chi connectivity index (χ1n) is 11.9. The fraction of sp³-hybridized carbons (Fsp3) is 0.440. The third kappa shape index (κ3) is 7.88. The summed E-state index contributed by atoms with van der Waals surface area (Å²) in [7, 11) is 0. The first-order chi connectivity index (χ1) is 17.8. The van der Waals surface area contributed by atoms with Crippen LogP contribution < -0.4 is 21.3 Å². The number of anilines is 1. The number of nitrogens with one attached hydrogen (secondary N) is 4. The molecule has 2 aromatic rings. The van der Waals surface area contributed by atoms with Crippen molar-refractivity contribution < 1.29 is 32.3 Å². The van der Waals surface area contributed by atoms with Gasteiger partial charge in [-0.3, -0.25) is 14.6 Å². The van der Waals surface area contributed by atoms with Crippen LogP contribution >= 0.6 is 0 Å². The molecule has 1 aromatic carbocycles. The zero-order valence-corrected chi connectivity index (χ0v) is 21.1. The summed E-state index contributed by atoms with van der Waals surface area (Å²) in [6, 6.07) is 3.92. The molecule has 5 N–H and O–H groups in total. The summed E-state index contributed by atoms with van der Waals surface area (Å²) < 4.78 is 53.6. The van der Waals surface area contributed by atoms with Gasteiger partial charge < -0.3 is 26.4 Å². The Kier molecular flexibility index (Phi) is 8.92. The zero-order chi connectivity index (χ0) is 28.1. The van der Waals surface area contributed by atoms with Gasteiger partial charge in [-0.05, 0) is 49.6 Å². The maximum atomic E-state index is 13.5. The zero-order valence-electron chi connectivity index (χ0n) is 21.1. The maximum absolute atomic E-state index is 13.5. The molecule has 206 valence electrons. The molecule has 0 fully saturated rings. The third-order valence-corrected chi connectivity index (χ3v) is 5.75. The molecule has 38 heavy (non-hydrogen) atoms. The summed E-state index contributed by atoms with van der Waals surface area (Å²) in [5, 5.41) is 21.0. The van der Waals surface area contributed by atoms with Gasteiger partial charge in [0.15, 0.2) is 5.96 Å². The lowest BCUT2D eigenvalue weighted by Crippen LogP contribution is -2.41. The second-order valence-electron chi connectivity index (χ2n) is 9.37. The number of halogens is 4. The molecule has 3 rings (SSSR count). The van der Waals surface area contributed by atoms with E-state index in [1.165, 1.54) is 38.4 Å². The standard InChI is InChI=1S/C25H30F4N6O3/c1-4-20(14-5-16(24(2,3)38)8-17(6-14)25(27,28)29)35-21(36)13-31-22(37)15-7-19(12-30-9-15)34-23-32-10-18(26)11-33-23/h5-9,12,18,20,38H,4,10-11,13H2,1-3H3,(H,31,37)(H,35,36)(H2,32,33,34). The molecular weight excluding hydrogens is 508 g/mol. The van der Waals surface area contributed by atoms with E-state index in [0.717, 1.165) is 12.1 Å². The van der Waals surface area contributed by atoms with Gasteiger partial charge in [0.2, 0.25) is 5.91 Å². The van der Waals surface area contributed by atoms with Gasteiger partial charge in [0.05, 0.1) is 54.3 Å². The second-order valence-corrected chi connectivity index (χ2v) is 9.37. The Morgan fingerprint density at radius 2 is 1.87 bits per heavy atom. The van der Waals surface area contributed by atoms with E-state index < -0.39 is 47.9 Å². The number of benzene rings is 1. The van der Waals surface area contributed by atoms with Crippen LogP contribution in [0.25, 0.3) is 0 Å². The monoisotopic (exact) mass is 538 g/mol. The molecule has 2 unspecified atom stereocenters. The SMILES string of the molecule is CCC(NC(=O)CNC(=O)c1cncc(NC2=NCC(F)CN2)c1)c1cc(C(C)(C)O)cc(C(F)(F)F)c1. The van der Waals surface area contributed by atoms with Gasteiger partial charge in [0.25, 0.3) is 5.91 Å². The lowest BCUT2D eigenvalue weighted by molar-refractivity contribution is -0.137. The Hall–Kier alpha value is -3.74. The van der Waals surface area contributed by atoms with Crippen LogP contribution in [0.5, 0.6) is 0 Å². The number of aliphatic imine (C=N–C) groups is 1. The van der Waals surface area contributed by atoms with Gasteiger partial charge in [0, 0.05) is 6.20 Å². The molecule has 0 aliphatic carbocycles. The van der Waals surface area contributed by atoms with Crippen LogP contribution in [0.2, 0.25) is 0 Å². The molecule has 2 amide bonds. The highest BCUT2D eigenvalue weighted by atomic mass is 19.4. The van der Waals surface area contributed by atoms with Crippen molar-refractivity contribution in [2.45, 2.75) is 51.2 Å². The number of rotatable bonds is 8. The van der Waals surface area contributed by atoms with Crippen molar-refractivity contribution in [3.05, 3.63) is 58.9 Å². The molecule has 0 bridgehead atoms. The minimum absolute atomic E-state index is 0.0103. The first kappa shape index (κ1) is 28.8. The van der Waals surface area contributed by atoms with E-state index in [1.54, 1.807) is 6.92 Å². The van der Waals surface area contributed by atoms with E-state index in [2.05, 4.69) is 31.2 Å². The Balaban J connectivity index is 1.65. The Morgan fingerprint density at radius 1 is 1.16 bits per heavy atom. The predicted molar refractivity (Wildman–Crippen MR) is 133 cm³/mol. The number of aliphatic hydroxyl groups is 1. The number of carbonyl (C=O) groups excluding carboxylic acids is 2. The molecular formula is C25H30F4N6O3. The Morgan fingerprint density at radius 3 is 2.47 bits per heavy atom. The van der Waals surface area contributed by atoms with Gasteiger partial charge in [-0.25, -0.2) is 9.38 Å². The lowest BCUT2D eigenvalue weighted by Gasteiger charge is -2.24. The smallest absolute Gasteiger partial charge is 0.386 e. The molecule has 1 aliphatic rings. The molecule has 2 heterocycles. The average Bonchev–Trinajstić information content (AvgIpc) is 2.86. The van der Waals surface area contributed by atoms with E-state index in [0.29, 0.717) is 11.6 Å². The summed E-state index contributed by atoms with van der Waals surface area (Å²) in [6.07, 6.45) is -2.71. The van der Waals surface area contributed by atoms with Crippen LogP contribution in [-0.4, -0.2) is 53.7 Å². The van der Waals surface area contributed by atoms with Gasteiger partial charge in [-0.15, -0.1) is 0 Å². The fourth-order valence-corrected chi connectivity index (χ4v) is 3.67. The number of hydrogen-bond acceptors (Lipinski definition) is 7. The van der Waals surface area contributed by atoms with Gasteiger partial charge in [-0.1, -0.05) is 13.0 Å². The van der Waals surface area contributed by atoms with E-state index in [-0.39, 0.29) is 36.2 Å². The molecule has 2 atom stereocenters. The highest BCUT2D eigenvalue weighted by Crippen LogP contribution is 2.35. The number of pyridine rings is 1. The lowest BCUT2D eigenvalue weighted by atomic mass is 9.91. The van der Waals surface area contributed by atoms with Crippen LogP contribution in [0, 0.1) is 0 Å². The third-order valence-electron chi connectivity index (χ3n) is 5.75. The second kappa shape index (κ2) is 11.8. The highest BCUT2D eigenvalue weighted by Gasteiger charge is 2.33. The van der Waals surface area contributed by atoms with Gasteiger partial charge >= 0.3 is 6.18 Å². The number of nitrogens with zero attached hydrogens (tertiary/aromatic N) is 2. The Labute approximate surface area is 217 Å². The fourth-order valence-electron chi connectivity index (χ4n) is 3.67. The number of hydrogen-bond donors (Lipinski definition) is 5.